The number of carbonyl (C=O) groups is 4. The smallest absolute Gasteiger partial charge is 0.333 e. The minimum Gasteiger partial charge on any atom is -0.343 e. The van der Waals surface area contributed by atoms with Crippen LogP contribution >= 0.6 is 0 Å². The maximum absolute atomic E-state index is 12.1. The molecule has 0 unspecified atom stereocenters. The molecule has 0 atom stereocenters. The molecule has 2 rings (SSSR count). The number of piperidine rings is 1. The Balaban J connectivity index is 1.65. The van der Waals surface area contributed by atoms with Crippen LogP contribution in [0.5, 0.6) is 0 Å². The Hall–Kier alpha value is -1.96. The molecule has 0 spiro atoms. The molecule has 2 aliphatic heterocycles. The summed E-state index contributed by atoms with van der Waals surface area (Å²) in [7, 11) is 4.09. The molecule has 8 heteroatoms. The molecule has 0 aromatic rings. The van der Waals surface area contributed by atoms with Crippen LogP contribution in [0, 0.1) is 0 Å². The Kier molecular flexibility index (Phi) is 6.30. The van der Waals surface area contributed by atoms with Crippen molar-refractivity contribution in [1.82, 2.24) is 14.9 Å². The second-order valence-electron chi connectivity index (χ2n) is 6.47. The van der Waals surface area contributed by atoms with Crippen molar-refractivity contribution in [3.63, 3.8) is 0 Å². The van der Waals surface area contributed by atoms with Gasteiger partial charge in [-0.25, -0.2) is 4.79 Å². The van der Waals surface area contributed by atoms with Gasteiger partial charge in [-0.3, -0.25) is 14.4 Å². The number of likely N-dealkylation sites (tertiary alicyclic amines) is 1. The first-order valence-corrected chi connectivity index (χ1v) is 8.39. The Labute approximate surface area is 141 Å². The number of imide groups is 1. The minimum absolute atomic E-state index is 0.0109. The highest BCUT2D eigenvalue weighted by atomic mass is 16.7. The molecule has 134 valence electrons. The standard InChI is InChI=1S/C16H25N3O5/c1-17(2)12-8-10-18(11-9-12)13(20)4-3-5-16(23)24-19-14(21)6-7-15(19)22/h12H,3-11H2,1-2H3. The zero-order valence-corrected chi connectivity index (χ0v) is 14.3. The first kappa shape index (κ1) is 18.4. The normalized spacial score (nSPS) is 19.3. The van der Waals surface area contributed by atoms with E-state index in [0.717, 1.165) is 25.9 Å². The van der Waals surface area contributed by atoms with Crippen molar-refractivity contribution in [3.8, 4) is 0 Å². The lowest BCUT2D eigenvalue weighted by Crippen LogP contribution is -2.44. The Morgan fingerprint density at radius 3 is 2.21 bits per heavy atom. The quantitative estimate of drug-likeness (QED) is 0.648. The molecule has 0 N–H and O–H groups in total. The second-order valence-corrected chi connectivity index (χ2v) is 6.47. The number of rotatable bonds is 6. The van der Waals surface area contributed by atoms with Gasteiger partial charge in [-0.2, -0.15) is 0 Å². The molecule has 0 bridgehead atoms. The van der Waals surface area contributed by atoms with E-state index in [1.165, 1.54) is 0 Å². The summed E-state index contributed by atoms with van der Waals surface area (Å²) in [5.74, 6) is -1.60. The Morgan fingerprint density at radius 2 is 1.67 bits per heavy atom. The molecule has 2 aliphatic rings. The lowest BCUT2D eigenvalue weighted by molar-refractivity contribution is -0.197. The predicted molar refractivity (Wildman–Crippen MR) is 84.3 cm³/mol. The van der Waals surface area contributed by atoms with Crippen LogP contribution in [0.3, 0.4) is 0 Å². The summed E-state index contributed by atoms with van der Waals surface area (Å²) in [6.45, 7) is 1.48. The second kappa shape index (κ2) is 8.23. The van der Waals surface area contributed by atoms with Crippen molar-refractivity contribution in [1.29, 1.82) is 0 Å². The van der Waals surface area contributed by atoms with E-state index in [-0.39, 0.29) is 31.6 Å². The third-order valence-corrected chi connectivity index (χ3v) is 4.52. The van der Waals surface area contributed by atoms with Crippen molar-refractivity contribution >= 4 is 23.7 Å². The van der Waals surface area contributed by atoms with E-state index < -0.39 is 17.8 Å². The fourth-order valence-corrected chi connectivity index (χ4v) is 2.98. The van der Waals surface area contributed by atoms with Gasteiger partial charge in [0.2, 0.25) is 5.91 Å². The van der Waals surface area contributed by atoms with E-state index in [4.69, 9.17) is 4.84 Å². The number of hydrogen-bond donors (Lipinski definition) is 0. The van der Waals surface area contributed by atoms with Gasteiger partial charge in [0.25, 0.3) is 11.8 Å². The molecule has 0 saturated carbocycles. The largest absolute Gasteiger partial charge is 0.343 e. The average molecular weight is 339 g/mol. The van der Waals surface area contributed by atoms with Crippen LogP contribution < -0.4 is 0 Å². The lowest BCUT2D eigenvalue weighted by Gasteiger charge is -2.35. The van der Waals surface area contributed by atoms with Crippen LogP contribution in [-0.4, -0.2) is 71.8 Å². The maximum atomic E-state index is 12.1. The molecule has 0 aromatic heterocycles. The van der Waals surface area contributed by atoms with Crippen LogP contribution in [0.1, 0.15) is 44.9 Å². The van der Waals surface area contributed by atoms with E-state index in [2.05, 4.69) is 4.90 Å². The molecule has 2 fully saturated rings. The molecule has 8 nitrogen and oxygen atoms in total. The van der Waals surface area contributed by atoms with E-state index in [1.807, 2.05) is 19.0 Å². The molecule has 0 radical (unpaired) electrons. The summed E-state index contributed by atoms with van der Waals surface area (Å²) < 4.78 is 0. The first-order valence-electron chi connectivity index (χ1n) is 8.39. The van der Waals surface area contributed by atoms with Gasteiger partial charge in [-0.1, -0.05) is 0 Å². The van der Waals surface area contributed by atoms with Crippen molar-refractivity contribution in [2.75, 3.05) is 27.2 Å². The summed E-state index contributed by atoms with van der Waals surface area (Å²) in [5, 5.41) is 0.538. The number of nitrogens with zero attached hydrogens (tertiary/aromatic N) is 3. The number of hydrogen-bond acceptors (Lipinski definition) is 6. The molecule has 2 heterocycles. The zero-order valence-electron chi connectivity index (χ0n) is 14.3. The summed E-state index contributed by atoms with van der Waals surface area (Å²) in [6.07, 6.45) is 2.70. The summed E-state index contributed by atoms with van der Waals surface area (Å²) in [6, 6.07) is 0.513. The SMILES string of the molecule is CN(C)C1CCN(C(=O)CCCC(=O)ON2C(=O)CCC2=O)CC1. The summed E-state index contributed by atoms with van der Waals surface area (Å²) >= 11 is 0. The fraction of sp³-hybridized carbons (Fsp3) is 0.750. The molecule has 2 saturated heterocycles. The van der Waals surface area contributed by atoms with Gasteiger partial charge in [-0.05, 0) is 33.4 Å². The van der Waals surface area contributed by atoms with Gasteiger partial charge in [0.1, 0.15) is 0 Å². The predicted octanol–water partition coefficient (Wildman–Crippen LogP) is 0.316. The van der Waals surface area contributed by atoms with E-state index in [1.54, 1.807) is 0 Å². The molecule has 0 aromatic carbocycles. The van der Waals surface area contributed by atoms with Gasteiger partial charge < -0.3 is 14.6 Å². The topological polar surface area (TPSA) is 87.2 Å². The first-order chi connectivity index (χ1) is 11.4. The summed E-state index contributed by atoms with van der Waals surface area (Å²) in [4.78, 5) is 55.3. The van der Waals surface area contributed by atoms with Crippen molar-refractivity contribution in [2.24, 2.45) is 0 Å². The molecule has 0 aliphatic carbocycles. The van der Waals surface area contributed by atoms with Gasteiger partial charge in [0, 0.05) is 44.8 Å². The zero-order chi connectivity index (χ0) is 17.7. The Bertz CT molecular complexity index is 496. The van der Waals surface area contributed by atoms with Crippen molar-refractivity contribution < 1.29 is 24.0 Å². The van der Waals surface area contributed by atoms with Crippen LogP contribution in [0.4, 0.5) is 0 Å². The number of carbonyl (C=O) groups excluding carboxylic acids is 4. The highest BCUT2D eigenvalue weighted by Gasteiger charge is 2.32. The van der Waals surface area contributed by atoms with Gasteiger partial charge in [0.15, 0.2) is 0 Å². The van der Waals surface area contributed by atoms with Crippen LogP contribution in [0.2, 0.25) is 0 Å². The maximum Gasteiger partial charge on any atom is 0.333 e. The van der Waals surface area contributed by atoms with Crippen molar-refractivity contribution in [2.45, 2.75) is 51.0 Å². The minimum atomic E-state index is -0.655. The molecule has 24 heavy (non-hydrogen) atoms. The Morgan fingerprint density at radius 1 is 1.08 bits per heavy atom. The van der Waals surface area contributed by atoms with E-state index in [9.17, 15) is 19.2 Å². The number of amides is 3. The molecule has 3 amide bonds. The third-order valence-electron chi connectivity index (χ3n) is 4.52. The monoisotopic (exact) mass is 339 g/mol. The highest BCUT2D eigenvalue weighted by Crippen LogP contribution is 2.16. The lowest BCUT2D eigenvalue weighted by atomic mass is 10.0. The molecular formula is C16H25N3O5. The van der Waals surface area contributed by atoms with Crippen LogP contribution in [0.25, 0.3) is 0 Å². The van der Waals surface area contributed by atoms with Gasteiger partial charge >= 0.3 is 5.97 Å². The van der Waals surface area contributed by atoms with Gasteiger partial charge in [0.05, 0.1) is 0 Å². The average Bonchev–Trinajstić information content (AvgIpc) is 2.86. The summed E-state index contributed by atoms with van der Waals surface area (Å²) in [5.41, 5.74) is 0. The molecular weight excluding hydrogens is 314 g/mol. The van der Waals surface area contributed by atoms with E-state index >= 15 is 0 Å². The highest BCUT2D eigenvalue weighted by molar-refractivity contribution is 6.01. The van der Waals surface area contributed by atoms with Crippen molar-refractivity contribution in [3.05, 3.63) is 0 Å². The van der Waals surface area contributed by atoms with Crippen LogP contribution in [-0.2, 0) is 24.0 Å². The van der Waals surface area contributed by atoms with E-state index in [0.29, 0.717) is 17.5 Å². The van der Waals surface area contributed by atoms with Gasteiger partial charge in [-0.15, -0.1) is 5.06 Å². The fourth-order valence-electron chi connectivity index (χ4n) is 2.98. The third kappa shape index (κ3) is 4.77. The number of hydroxylamine groups is 2. The van der Waals surface area contributed by atoms with Crippen LogP contribution in [0.15, 0.2) is 0 Å².